The van der Waals surface area contributed by atoms with Gasteiger partial charge in [-0.1, -0.05) is 60.3 Å². The number of anilines is 2. The van der Waals surface area contributed by atoms with E-state index < -0.39 is 11.8 Å². The van der Waals surface area contributed by atoms with E-state index >= 15 is 0 Å². The molecule has 3 aromatic carbocycles. The van der Waals surface area contributed by atoms with Crippen molar-refractivity contribution in [2.24, 2.45) is 0 Å². The molecule has 2 atom stereocenters. The summed E-state index contributed by atoms with van der Waals surface area (Å²) in [6.07, 6.45) is 1.33. The number of hydrogen-bond acceptors (Lipinski definition) is 2. The summed E-state index contributed by atoms with van der Waals surface area (Å²) in [5.74, 6) is 0. The van der Waals surface area contributed by atoms with E-state index in [1.807, 2.05) is 6.92 Å². The van der Waals surface area contributed by atoms with Crippen LogP contribution in [0.5, 0.6) is 0 Å². The first-order chi connectivity index (χ1) is 14.9. The first-order valence-corrected chi connectivity index (χ1v) is 11.1. The van der Waals surface area contributed by atoms with Crippen molar-refractivity contribution in [1.82, 2.24) is 0 Å². The third-order valence-corrected chi connectivity index (χ3v) is 6.25. The minimum Gasteiger partial charge on any atom is -0.365 e. The van der Waals surface area contributed by atoms with Crippen LogP contribution >= 0.6 is 34.8 Å². The zero-order chi connectivity index (χ0) is 22.2. The van der Waals surface area contributed by atoms with E-state index in [9.17, 15) is 9.90 Å². The summed E-state index contributed by atoms with van der Waals surface area (Å²) < 4.78 is 0. The Labute approximate surface area is 196 Å². The normalized spacial score (nSPS) is 21.1. The van der Waals surface area contributed by atoms with E-state index in [1.54, 1.807) is 77.7 Å². The minimum atomic E-state index is -1.65. The molecule has 3 aromatic rings. The first-order valence-electron chi connectivity index (χ1n) is 9.99. The van der Waals surface area contributed by atoms with Crippen LogP contribution in [0.4, 0.5) is 16.2 Å². The van der Waals surface area contributed by atoms with Gasteiger partial charge in [-0.05, 0) is 67.1 Å². The molecule has 0 bridgehead atoms. The molecule has 1 unspecified atom stereocenters. The molecule has 1 fully saturated rings. The van der Waals surface area contributed by atoms with Gasteiger partial charge >= 0.3 is 6.03 Å². The SMILES string of the molecule is CCC[C@@H]1N(c2ccc(Cl)cc2)C(=O)N(c2ccc(Cl)cc2)C1(O)c1cccc(Cl)c1. The molecule has 0 aliphatic carbocycles. The van der Waals surface area contributed by atoms with Crippen LogP contribution in [0, 0.1) is 0 Å². The topological polar surface area (TPSA) is 43.8 Å². The van der Waals surface area contributed by atoms with Crippen molar-refractivity contribution in [3.8, 4) is 0 Å². The fourth-order valence-electron chi connectivity index (χ4n) is 4.15. The van der Waals surface area contributed by atoms with E-state index in [1.165, 1.54) is 4.90 Å². The van der Waals surface area contributed by atoms with Crippen LogP contribution in [-0.4, -0.2) is 17.2 Å². The summed E-state index contributed by atoms with van der Waals surface area (Å²) in [7, 11) is 0. The van der Waals surface area contributed by atoms with Gasteiger partial charge in [-0.25, -0.2) is 4.79 Å². The molecular weight excluding hydrogens is 455 g/mol. The standard InChI is InChI=1S/C24H21Cl3N2O2/c1-2-4-22-24(31,16-5-3-6-19(27)15-16)29(21-13-9-18(26)10-14-21)23(30)28(22)20-11-7-17(25)8-12-20/h3,5-15,22,31H,2,4H2,1H3/t22-,24?/m0/s1. The van der Waals surface area contributed by atoms with Crippen molar-refractivity contribution < 1.29 is 9.90 Å². The molecule has 7 heteroatoms. The number of nitrogens with zero attached hydrogens (tertiary/aromatic N) is 2. The Bertz CT molecular complexity index is 1090. The smallest absolute Gasteiger partial charge is 0.332 e. The Balaban J connectivity index is 1.95. The van der Waals surface area contributed by atoms with E-state index in [0.717, 1.165) is 6.42 Å². The summed E-state index contributed by atoms with van der Waals surface area (Å²) in [4.78, 5) is 16.9. The maximum absolute atomic E-state index is 13.8. The highest BCUT2D eigenvalue weighted by Crippen LogP contribution is 2.46. The summed E-state index contributed by atoms with van der Waals surface area (Å²) in [6, 6.07) is 20.0. The Kier molecular flexibility index (Phi) is 6.18. The van der Waals surface area contributed by atoms with Crippen LogP contribution in [0.25, 0.3) is 0 Å². The van der Waals surface area contributed by atoms with Crippen LogP contribution < -0.4 is 9.80 Å². The van der Waals surface area contributed by atoms with Gasteiger partial charge in [0.2, 0.25) is 0 Å². The van der Waals surface area contributed by atoms with Crippen molar-refractivity contribution >= 4 is 52.2 Å². The van der Waals surface area contributed by atoms with Gasteiger partial charge in [0.1, 0.15) is 0 Å². The van der Waals surface area contributed by atoms with Crippen molar-refractivity contribution in [2.75, 3.05) is 9.80 Å². The molecule has 0 saturated carbocycles. The number of amides is 2. The van der Waals surface area contributed by atoms with E-state index in [4.69, 9.17) is 34.8 Å². The average Bonchev–Trinajstić information content (AvgIpc) is 2.97. The van der Waals surface area contributed by atoms with Gasteiger partial charge in [0.25, 0.3) is 0 Å². The third-order valence-electron chi connectivity index (χ3n) is 5.52. The molecule has 31 heavy (non-hydrogen) atoms. The lowest BCUT2D eigenvalue weighted by Crippen LogP contribution is -2.49. The molecule has 2 amide bonds. The van der Waals surface area contributed by atoms with Gasteiger partial charge in [-0.2, -0.15) is 0 Å². The summed E-state index contributed by atoms with van der Waals surface area (Å²) in [5.41, 5.74) is 0.0864. The molecule has 1 saturated heterocycles. The van der Waals surface area contributed by atoms with Crippen LogP contribution in [0.1, 0.15) is 25.3 Å². The largest absolute Gasteiger partial charge is 0.365 e. The van der Waals surface area contributed by atoms with Crippen LogP contribution in [0.3, 0.4) is 0 Å². The second kappa shape index (κ2) is 8.71. The lowest BCUT2D eigenvalue weighted by molar-refractivity contribution is 0.0290. The predicted octanol–water partition coefficient (Wildman–Crippen LogP) is 7.11. The third kappa shape index (κ3) is 3.90. The second-order valence-electron chi connectivity index (χ2n) is 7.48. The van der Waals surface area contributed by atoms with Gasteiger partial charge in [-0.3, -0.25) is 9.80 Å². The number of urea groups is 1. The maximum atomic E-state index is 13.8. The summed E-state index contributed by atoms with van der Waals surface area (Å²) >= 11 is 18.4. The second-order valence-corrected chi connectivity index (χ2v) is 8.79. The van der Waals surface area contributed by atoms with Crippen LogP contribution in [-0.2, 0) is 5.72 Å². The summed E-state index contributed by atoms with van der Waals surface area (Å²) in [6.45, 7) is 2.02. The van der Waals surface area contributed by atoms with Crippen LogP contribution in [0.15, 0.2) is 72.8 Å². The highest BCUT2D eigenvalue weighted by molar-refractivity contribution is 6.31. The zero-order valence-corrected chi connectivity index (χ0v) is 19.1. The Morgan fingerprint density at radius 2 is 1.45 bits per heavy atom. The average molecular weight is 476 g/mol. The molecular formula is C24H21Cl3N2O2. The van der Waals surface area contributed by atoms with Crippen molar-refractivity contribution in [2.45, 2.75) is 31.5 Å². The molecule has 4 rings (SSSR count). The number of carbonyl (C=O) groups excluding carboxylic acids is 1. The fraction of sp³-hybridized carbons (Fsp3) is 0.208. The Morgan fingerprint density at radius 1 is 0.871 bits per heavy atom. The molecule has 1 aliphatic heterocycles. The maximum Gasteiger partial charge on any atom is 0.332 e. The Morgan fingerprint density at radius 3 is 2.00 bits per heavy atom. The number of halogens is 3. The minimum absolute atomic E-state index is 0.342. The monoisotopic (exact) mass is 474 g/mol. The molecule has 4 nitrogen and oxygen atoms in total. The number of rotatable bonds is 5. The first kappa shape index (κ1) is 22.0. The lowest BCUT2D eigenvalue weighted by Gasteiger charge is -2.37. The molecule has 0 radical (unpaired) electrons. The Hall–Kier alpha value is -2.24. The molecule has 0 aromatic heterocycles. The number of aliphatic hydroxyl groups is 1. The molecule has 1 heterocycles. The highest BCUT2D eigenvalue weighted by Gasteiger charge is 2.58. The van der Waals surface area contributed by atoms with Crippen molar-refractivity contribution in [3.63, 3.8) is 0 Å². The quantitative estimate of drug-likeness (QED) is 0.427. The van der Waals surface area contributed by atoms with Crippen molar-refractivity contribution in [3.05, 3.63) is 93.4 Å². The van der Waals surface area contributed by atoms with Gasteiger partial charge in [-0.15, -0.1) is 0 Å². The molecule has 1 N–H and O–H groups in total. The lowest BCUT2D eigenvalue weighted by atomic mass is 9.90. The van der Waals surface area contributed by atoms with Gasteiger partial charge < -0.3 is 5.11 Å². The number of carbonyl (C=O) groups is 1. The van der Waals surface area contributed by atoms with E-state index in [-0.39, 0.29) is 6.03 Å². The summed E-state index contributed by atoms with van der Waals surface area (Å²) in [5, 5.41) is 13.9. The zero-order valence-electron chi connectivity index (χ0n) is 16.8. The molecule has 1 aliphatic rings. The fourth-order valence-corrected chi connectivity index (χ4v) is 4.59. The van der Waals surface area contributed by atoms with E-state index in [2.05, 4.69) is 0 Å². The van der Waals surface area contributed by atoms with Gasteiger partial charge in [0, 0.05) is 32.0 Å². The number of hydrogen-bond donors (Lipinski definition) is 1. The highest BCUT2D eigenvalue weighted by atomic mass is 35.5. The van der Waals surface area contributed by atoms with Crippen LogP contribution in [0.2, 0.25) is 15.1 Å². The van der Waals surface area contributed by atoms with Crippen molar-refractivity contribution in [1.29, 1.82) is 0 Å². The molecule has 0 spiro atoms. The number of benzene rings is 3. The predicted molar refractivity (Wildman–Crippen MR) is 127 cm³/mol. The van der Waals surface area contributed by atoms with E-state index in [0.29, 0.717) is 38.4 Å². The van der Waals surface area contributed by atoms with Gasteiger partial charge in [0.05, 0.1) is 6.04 Å². The molecule has 160 valence electrons. The van der Waals surface area contributed by atoms with Gasteiger partial charge in [0.15, 0.2) is 5.72 Å².